The number of nitrogens with zero attached hydrogens (tertiary/aromatic N) is 2. The van der Waals surface area contributed by atoms with E-state index in [-0.39, 0.29) is 12.3 Å². The van der Waals surface area contributed by atoms with Crippen LogP contribution in [0.1, 0.15) is 5.69 Å². The van der Waals surface area contributed by atoms with Crippen LogP contribution in [-0.4, -0.2) is 24.1 Å². The lowest BCUT2D eigenvalue weighted by molar-refractivity contribution is -0.384. The molecule has 0 bridgehead atoms. The van der Waals surface area contributed by atoms with Gasteiger partial charge in [-0.1, -0.05) is 0 Å². The molecule has 0 aliphatic rings. The SMILES string of the molecule is COc1ccc(-c2nc(COc3ccc([N+](=O)[O-])cc3)cs2)cc1OC. The van der Waals surface area contributed by atoms with Crippen LogP contribution in [0.15, 0.2) is 47.8 Å². The third-order valence-electron chi connectivity index (χ3n) is 3.62. The highest BCUT2D eigenvalue weighted by molar-refractivity contribution is 7.13. The fourth-order valence-corrected chi connectivity index (χ4v) is 3.10. The highest BCUT2D eigenvalue weighted by Crippen LogP contribution is 2.33. The van der Waals surface area contributed by atoms with Crippen molar-refractivity contribution >= 4 is 17.0 Å². The van der Waals surface area contributed by atoms with Gasteiger partial charge in [0, 0.05) is 23.1 Å². The molecule has 0 unspecified atom stereocenters. The number of methoxy groups -OCH3 is 2. The summed E-state index contributed by atoms with van der Waals surface area (Å²) in [5, 5.41) is 13.4. The zero-order valence-electron chi connectivity index (χ0n) is 14.2. The van der Waals surface area contributed by atoms with Gasteiger partial charge in [0.05, 0.1) is 24.8 Å². The lowest BCUT2D eigenvalue weighted by atomic mass is 10.2. The molecule has 3 rings (SSSR count). The van der Waals surface area contributed by atoms with E-state index in [0.717, 1.165) is 16.3 Å². The highest BCUT2D eigenvalue weighted by Gasteiger charge is 2.10. The van der Waals surface area contributed by atoms with E-state index in [9.17, 15) is 10.1 Å². The number of hydrogen-bond acceptors (Lipinski definition) is 7. The summed E-state index contributed by atoms with van der Waals surface area (Å²) in [5.74, 6) is 1.86. The Bertz CT molecular complexity index is 908. The maximum Gasteiger partial charge on any atom is 0.269 e. The third kappa shape index (κ3) is 3.92. The minimum Gasteiger partial charge on any atom is -0.493 e. The molecule has 1 aromatic heterocycles. The van der Waals surface area contributed by atoms with Gasteiger partial charge in [0.15, 0.2) is 11.5 Å². The summed E-state index contributed by atoms with van der Waals surface area (Å²) >= 11 is 1.50. The van der Waals surface area contributed by atoms with Crippen LogP contribution >= 0.6 is 11.3 Å². The average molecular weight is 372 g/mol. The summed E-state index contributed by atoms with van der Waals surface area (Å²) in [7, 11) is 3.18. The van der Waals surface area contributed by atoms with Crippen molar-refractivity contribution < 1.29 is 19.1 Å². The summed E-state index contributed by atoms with van der Waals surface area (Å²) in [6.07, 6.45) is 0. The minimum absolute atomic E-state index is 0.0294. The molecule has 0 saturated carbocycles. The zero-order valence-corrected chi connectivity index (χ0v) is 15.0. The van der Waals surface area contributed by atoms with E-state index in [1.165, 1.54) is 23.5 Å². The standard InChI is InChI=1S/C18H16N2O5S/c1-23-16-8-3-12(9-17(16)24-2)18-19-13(11-26-18)10-25-15-6-4-14(5-7-15)20(21)22/h3-9,11H,10H2,1-2H3. The van der Waals surface area contributed by atoms with Crippen molar-refractivity contribution in [3.8, 4) is 27.8 Å². The molecule has 1 heterocycles. The lowest BCUT2D eigenvalue weighted by Gasteiger charge is -2.08. The predicted octanol–water partition coefficient (Wildman–Crippen LogP) is 4.31. The second kappa shape index (κ2) is 7.83. The van der Waals surface area contributed by atoms with Gasteiger partial charge < -0.3 is 14.2 Å². The van der Waals surface area contributed by atoms with Crippen molar-refractivity contribution in [1.29, 1.82) is 0 Å². The molecule has 0 saturated heterocycles. The van der Waals surface area contributed by atoms with Crippen molar-refractivity contribution in [2.24, 2.45) is 0 Å². The maximum absolute atomic E-state index is 10.7. The van der Waals surface area contributed by atoms with Gasteiger partial charge in [-0.25, -0.2) is 4.98 Å². The van der Waals surface area contributed by atoms with Crippen molar-refractivity contribution in [1.82, 2.24) is 4.98 Å². The van der Waals surface area contributed by atoms with Crippen LogP contribution in [0.3, 0.4) is 0 Å². The number of non-ortho nitro benzene ring substituents is 1. The van der Waals surface area contributed by atoms with Crippen LogP contribution in [0.4, 0.5) is 5.69 Å². The molecule has 0 spiro atoms. The van der Waals surface area contributed by atoms with Crippen LogP contribution < -0.4 is 14.2 Å². The first-order valence-electron chi connectivity index (χ1n) is 7.64. The molecular formula is C18H16N2O5S. The Labute approximate surface area is 153 Å². The summed E-state index contributed by atoms with van der Waals surface area (Å²) < 4.78 is 16.2. The Morgan fingerprint density at radius 3 is 2.46 bits per heavy atom. The number of rotatable bonds is 7. The van der Waals surface area contributed by atoms with Crippen LogP contribution in [-0.2, 0) is 6.61 Å². The zero-order chi connectivity index (χ0) is 18.5. The molecule has 0 fully saturated rings. The topological polar surface area (TPSA) is 83.7 Å². The third-order valence-corrected chi connectivity index (χ3v) is 4.56. The Morgan fingerprint density at radius 1 is 1.08 bits per heavy atom. The predicted molar refractivity (Wildman–Crippen MR) is 98.1 cm³/mol. The number of nitro benzene ring substituents is 1. The molecule has 3 aromatic rings. The van der Waals surface area contributed by atoms with Gasteiger partial charge >= 0.3 is 0 Å². The Kier molecular flexibility index (Phi) is 5.33. The maximum atomic E-state index is 10.7. The van der Waals surface area contributed by atoms with E-state index in [4.69, 9.17) is 14.2 Å². The van der Waals surface area contributed by atoms with Crippen molar-refractivity contribution in [3.05, 3.63) is 63.7 Å². The molecule has 134 valence electrons. The van der Waals surface area contributed by atoms with Crippen molar-refractivity contribution in [3.63, 3.8) is 0 Å². The van der Waals surface area contributed by atoms with E-state index in [1.54, 1.807) is 26.4 Å². The monoisotopic (exact) mass is 372 g/mol. The van der Waals surface area contributed by atoms with Crippen LogP contribution in [0, 0.1) is 10.1 Å². The fourth-order valence-electron chi connectivity index (χ4n) is 2.30. The van der Waals surface area contributed by atoms with E-state index >= 15 is 0 Å². The smallest absolute Gasteiger partial charge is 0.269 e. The number of nitro groups is 1. The second-order valence-corrected chi connectivity index (χ2v) is 6.11. The van der Waals surface area contributed by atoms with Gasteiger partial charge in [-0.2, -0.15) is 0 Å². The van der Waals surface area contributed by atoms with Gasteiger partial charge in [-0.05, 0) is 30.3 Å². The molecule has 8 heteroatoms. The van der Waals surface area contributed by atoms with E-state index in [1.807, 2.05) is 23.6 Å². The number of aromatic nitrogens is 1. The number of benzene rings is 2. The Balaban J connectivity index is 1.69. The average Bonchev–Trinajstić information content (AvgIpc) is 3.15. The first-order valence-corrected chi connectivity index (χ1v) is 8.52. The van der Waals surface area contributed by atoms with E-state index in [0.29, 0.717) is 17.2 Å². The molecule has 0 atom stereocenters. The largest absolute Gasteiger partial charge is 0.493 e. The molecule has 2 aromatic carbocycles. The normalized spacial score (nSPS) is 10.4. The molecular weight excluding hydrogens is 356 g/mol. The Morgan fingerprint density at radius 2 is 1.81 bits per heavy atom. The molecule has 0 radical (unpaired) electrons. The summed E-state index contributed by atoms with van der Waals surface area (Å²) in [6.45, 7) is 0.279. The summed E-state index contributed by atoms with van der Waals surface area (Å²) in [4.78, 5) is 14.8. The minimum atomic E-state index is -0.445. The molecule has 26 heavy (non-hydrogen) atoms. The van der Waals surface area contributed by atoms with E-state index in [2.05, 4.69) is 4.98 Å². The number of hydrogen-bond donors (Lipinski definition) is 0. The van der Waals surface area contributed by atoms with Gasteiger partial charge in [0.2, 0.25) is 0 Å². The number of thiazole rings is 1. The Hall–Kier alpha value is -3.13. The molecule has 0 aliphatic heterocycles. The van der Waals surface area contributed by atoms with Crippen LogP contribution in [0.25, 0.3) is 10.6 Å². The summed E-state index contributed by atoms with van der Waals surface area (Å²) in [5.41, 5.74) is 1.73. The number of ether oxygens (including phenoxy) is 3. The van der Waals surface area contributed by atoms with Crippen molar-refractivity contribution in [2.75, 3.05) is 14.2 Å². The first-order chi connectivity index (χ1) is 12.6. The quantitative estimate of drug-likeness (QED) is 0.454. The molecule has 0 N–H and O–H groups in total. The molecule has 0 amide bonds. The molecule has 7 nitrogen and oxygen atoms in total. The van der Waals surface area contributed by atoms with Gasteiger partial charge in [0.25, 0.3) is 5.69 Å². The van der Waals surface area contributed by atoms with Crippen molar-refractivity contribution in [2.45, 2.75) is 6.61 Å². The highest BCUT2D eigenvalue weighted by atomic mass is 32.1. The van der Waals surface area contributed by atoms with E-state index < -0.39 is 4.92 Å². The van der Waals surface area contributed by atoms with Crippen LogP contribution in [0.2, 0.25) is 0 Å². The molecule has 0 aliphatic carbocycles. The summed E-state index contributed by atoms with van der Waals surface area (Å²) in [6, 6.07) is 11.6. The van der Waals surface area contributed by atoms with Gasteiger partial charge in [0.1, 0.15) is 17.4 Å². The lowest BCUT2D eigenvalue weighted by Crippen LogP contribution is -1.96. The van der Waals surface area contributed by atoms with Gasteiger partial charge in [-0.3, -0.25) is 10.1 Å². The van der Waals surface area contributed by atoms with Gasteiger partial charge in [-0.15, -0.1) is 11.3 Å². The second-order valence-electron chi connectivity index (χ2n) is 5.25. The fraction of sp³-hybridized carbons (Fsp3) is 0.167. The first kappa shape index (κ1) is 17.7. The van der Waals surface area contributed by atoms with Crippen LogP contribution in [0.5, 0.6) is 17.2 Å².